The van der Waals surface area contributed by atoms with Crippen LogP contribution in [0.3, 0.4) is 0 Å². The minimum absolute atomic E-state index is 0.0531. The number of hydrogen-bond donors (Lipinski definition) is 1. The van der Waals surface area contributed by atoms with E-state index in [9.17, 15) is 22.8 Å². The van der Waals surface area contributed by atoms with E-state index < -0.39 is 23.6 Å². The average molecular weight is 474 g/mol. The Morgan fingerprint density at radius 2 is 1.93 bits per heavy atom. The van der Waals surface area contributed by atoms with Crippen molar-refractivity contribution in [1.29, 1.82) is 0 Å². The molecule has 11 heteroatoms. The van der Waals surface area contributed by atoms with E-state index >= 15 is 0 Å². The highest BCUT2D eigenvalue weighted by Crippen LogP contribution is 2.40. The lowest BCUT2D eigenvalue weighted by molar-refractivity contribution is -0.137. The van der Waals surface area contributed by atoms with E-state index in [2.05, 4.69) is 11.9 Å². The van der Waals surface area contributed by atoms with E-state index in [1.54, 1.807) is 0 Å². The van der Waals surface area contributed by atoms with Crippen LogP contribution >= 0.6 is 35.4 Å². The van der Waals surface area contributed by atoms with Gasteiger partial charge in [0.1, 0.15) is 5.57 Å². The molecule has 0 bridgehead atoms. The first-order valence-electron chi connectivity index (χ1n) is 8.28. The third kappa shape index (κ3) is 4.14. The Balaban J connectivity index is 2.16. The van der Waals surface area contributed by atoms with Crippen LogP contribution in [0.2, 0.25) is 10.0 Å². The molecule has 2 amide bonds. The first-order chi connectivity index (χ1) is 14.0. The van der Waals surface area contributed by atoms with Crippen LogP contribution in [0, 0.1) is 0 Å². The van der Waals surface area contributed by atoms with Crippen LogP contribution < -0.4 is 5.32 Å². The summed E-state index contributed by atoms with van der Waals surface area (Å²) in [7, 11) is 0. The number of carbonyl (C=O) groups excluding carboxylic acids is 2. The molecule has 0 saturated carbocycles. The van der Waals surface area contributed by atoms with Gasteiger partial charge in [0.25, 0.3) is 11.8 Å². The molecule has 156 valence electrons. The summed E-state index contributed by atoms with van der Waals surface area (Å²) in [5, 5.41) is 1.85. The fourth-order valence-electron chi connectivity index (χ4n) is 2.88. The Kier molecular flexibility index (Phi) is 6.07. The second-order valence-electron chi connectivity index (χ2n) is 6.11. The Morgan fingerprint density at radius 1 is 1.23 bits per heavy atom. The lowest BCUT2D eigenvalue weighted by Gasteiger charge is -2.27. The molecule has 5 nitrogen and oxygen atoms in total. The molecule has 1 N–H and O–H groups in total. The lowest BCUT2D eigenvalue weighted by atomic mass is 10.1. The molecule has 1 aromatic carbocycles. The molecule has 30 heavy (non-hydrogen) atoms. The molecule has 1 aliphatic rings. The largest absolute Gasteiger partial charge is 0.418 e. The standard InChI is InChI=1S/C19H12Cl2F3N3O2S/c1-2-5-27-17(29)12(16(28)25-18(27)30)9-11-4-3-6-26(11)15-13(19(22,23)24)7-10(20)8-14(15)21/h2-4,6-9H,1,5H2,(H,25,28,30)/b12-9+. The van der Waals surface area contributed by atoms with Crippen LogP contribution in [0.15, 0.2) is 48.7 Å². The van der Waals surface area contributed by atoms with Gasteiger partial charge in [0, 0.05) is 23.5 Å². The molecule has 2 aromatic rings. The predicted octanol–water partition coefficient (Wildman–Crippen LogP) is 4.62. The lowest BCUT2D eigenvalue weighted by Crippen LogP contribution is -2.53. The van der Waals surface area contributed by atoms with E-state index in [0.717, 1.165) is 15.5 Å². The summed E-state index contributed by atoms with van der Waals surface area (Å²) in [6.45, 7) is 3.58. The number of hydrogen-bond acceptors (Lipinski definition) is 3. The van der Waals surface area contributed by atoms with Gasteiger partial charge in [0.2, 0.25) is 0 Å². The first-order valence-corrected chi connectivity index (χ1v) is 9.44. The normalized spacial score (nSPS) is 16.2. The molecule has 1 aliphatic heterocycles. The first kappa shape index (κ1) is 22.1. The zero-order valence-corrected chi connectivity index (χ0v) is 17.3. The van der Waals surface area contributed by atoms with Gasteiger partial charge >= 0.3 is 6.18 Å². The molecule has 3 rings (SSSR count). The third-order valence-electron chi connectivity index (χ3n) is 4.14. The molecule has 0 unspecified atom stereocenters. The van der Waals surface area contributed by atoms with Gasteiger partial charge in [-0.05, 0) is 42.6 Å². The molecule has 0 spiro atoms. The van der Waals surface area contributed by atoms with E-state index in [-0.39, 0.29) is 38.7 Å². The SMILES string of the molecule is C=CCN1C(=O)/C(=C/c2cccn2-c2c(Cl)cc(Cl)cc2C(F)(F)F)C(=O)NC1=S. The maximum Gasteiger partial charge on any atom is 0.418 e. The summed E-state index contributed by atoms with van der Waals surface area (Å²) in [6, 6.07) is 4.81. The van der Waals surface area contributed by atoms with Gasteiger partial charge in [-0.2, -0.15) is 13.2 Å². The summed E-state index contributed by atoms with van der Waals surface area (Å²) < 4.78 is 41.9. The van der Waals surface area contributed by atoms with Crippen molar-refractivity contribution in [3.63, 3.8) is 0 Å². The van der Waals surface area contributed by atoms with Crippen molar-refractivity contribution in [3.05, 3.63) is 70.0 Å². The van der Waals surface area contributed by atoms with Gasteiger partial charge in [-0.3, -0.25) is 19.8 Å². The fraction of sp³-hybridized carbons (Fsp3) is 0.105. The molecule has 0 atom stereocenters. The van der Waals surface area contributed by atoms with Crippen molar-refractivity contribution in [3.8, 4) is 5.69 Å². The maximum absolute atomic E-state index is 13.6. The summed E-state index contributed by atoms with van der Waals surface area (Å²) in [5.41, 5.74) is -1.63. The van der Waals surface area contributed by atoms with Gasteiger partial charge in [0.15, 0.2) is 5.11 Å². The van der Waals surface area contributed by atoms with Crippen molar-refractivity contribution in [2.24, 2.45) is 0 Å². The molecule has 2 heterocycles. The number of rotatable bonds is 4. The number of amides is 2. The molecular weight excluding hydrogens is 462 g/mol. The minimum atomic E-state index is -4.75. The maximum atomic E-state index is 13.6. The zero-order valence-electron chi connectivity index (χ0n) is 15.0. The topological polar surface area (TPSA) is 54.3 Å². The second kappa shape index (κ2) is 8.25. The number of aromatic nitrogens is 1. The van der Waals surface area contributed by atoms with Gasteiger partial charge in [-0.1, -0.05) is 29.3 Å². The minimum Gasteiger partial charge on any atom is -0.315 e. The highest BCUT2D eigenvalue weighted by atomic mass is 35.5. The smallest absolute Gasteiger partial charge is 0.315 e. The van der Waals surface area contributed by atoms with Crippen molar-refractivity contribution in [1.82, 2.24) is 14.8 Å². The number of carbonyl (C=O) groups is 2. The van der Waals surface area contributed by atoms with Crippen LogP contribution in [0.1, 0.15) is 11.3 Å². The predicted molar refractivity (Wildman–Crippen MR) is 111 cm³/mol. The highest BCUT2D eigenvalue weighted by molar-refractivity contribution is 7.80. The number of nitrogens with zero attached hydrogens (tertiary/aromatic N) is 2. The average Bonchev–Trinajstić information content (AvgIpc) is 3.08. The molecule has 1 aromatic heterocycles. The molecule has 1 saturated heterocycles. The number of benzene rings is 1. The van der Waals surface area contributed by atoms with Gasteiger partial charge in [0.05, 0.1) is 16.3 Å². The van der Waals surface area contributed by atoms with E-state index in [4.69, 9.17) is 35.4 Å². The Hall–Kier alpha value is -2.62. The Morgan fingerprint density at radius 3 is 2.57 bits per heavy atom. The molecule has 0 radical (unpaired) electrons. The molecule has 0 aliphatic carbocycles. The van der Waals surface area contributed by atoms with Crippen molar-refractivity contribution in [2.45, 2.75) is 6.18 Å². The van der Waals surface area contributed by atoms with Crippen molar-refractivity contribution < 1.29 is 22.8 Å². The monoisotopic (exact) mass is 473 g/mol. The van der Waals surface area contributed by atoms with Crippen LogP contribution in [0.4, 0.5) is 13.2 Å². The van der Waals surface area contributed by atoms with Crippen LogP contribution in [-0.4, -0.2) is 32.9 Å². The molecular formula is C19H12Cl2F3N3O2S. The highest BCUT2D eigenvalue weighted by Gasteiger charge is 2.36. The van der Waals surface area contributed by atoms with Crippen molar-refractivity contribution >= 4 is 58.4 Å². The molecule has 1 fully saturated rings. The van der Waals surface area contributed by atoms with Crippen LogP contribution in [-0.2, 0) is 15.8 Å². The summed E-state index contributed by atoms with van der Waals surface area (Å²) in [6.07, 6.45) is -0.830. The van der Waals surface area contributed by atoms with Gasteiger partial charge in [-0.25, -0.2) is 0 Å². The van der Waals surface area contributed by atoms with Crippen LogP contribution in [0.25, 0.3) is 11.8 Å². The Bertz CT molecular complexity index is 1110. The Labute approximate surface area is 184 Å². The number of thiocarbonyl (C=S) groups is 1. The van der Waals surface area contributed by atoms with Gasteiger partial charge in [-0.15, -0.1) is 6.58 Å². The second-order valence-corrected chi connectivity index (χ2v) is 7.34. The summed E-state index contributed by atoms with van der Waals surface area (Å²) in [5.74, 6) is -1.47. The summed E-state index contributed by atoms with van der Waals surface area (Å²) >= 11 is 16.8. The van der Waals surface area contributed by atoms with Crippen LogP contribution in [0.5, 0.6) is 0 Å². The zero-order chi connectivity index (χ0) is 22.2. The fourth-order valence-corrected chi connectivity index (χ4v) is 3.71. The van der Waals surface area contributed by atoms with Crippen molar-refractivity contribution in [2.75, 3.05) is 6.54 Å². The van der Waals surface area contributed by atoms with E-state index in [1.807, 2.05) is 0 Å². The number of alkyl halides is 3. The number of nitrogens with one attached hydrogen (secondary N) is 1. The number of halogens is 5. The quantitative estimate of drug-likeness (QED) is 0.305. The summed E-state index contributed by atoms with van der Waals surface area (Å²) in [4.78, 5) is 26.1. The van der Waals surface area contributed by atoms with E-state index in [1.165, 1.54) is 36.5 Å². The third-order valence-corrected chi connectivity index (χ3v) is 4.97. The van der Waals surface area contributed by atoms with Gasteiger partial charge < -0.3 is 4.57 Å². The van der Waals surface area contributed by atoms with E-state index in [0.29, 0.717) is 0 Å².